The molecule has 0 spiro atoms. The fourth-order valence-electron chi connectivity index (χ4n) is 3.15. The number of aromatic nitrogens is 3. The van der Waals surface area contributed by atoms with E-state index in [4.69, 9.17) is 18.9 Å². The Labute approximate surface area is 188 Å². The summed E-state index contributed by atoms with van der Waals surface area (Å²) < 4.78 is 27.6. The van der Waals surface area contributed by atoms with E-state index in [-0.39, 0.29) is 18.1 Å². The van der Waals surface area contributed by atoms with Gasteiger partial charge >= 0.3 is 5.97 Å². The van der Waals surface area contributed by atoms with Gasteiger partial charge in [0.25, 0.3) is 0 Å². The van der Waals surface area contributed by atoms with Crippen molar-refractivity contribution in [3.63, 3.8) is 0 Å². The van der Waals surface area contributed by atoms with Crippen molar-refractivity contribution in [2.75, 3.05) is 26.6 Å². The van der Waals surface area contributed by atoms with Gasteiger partial charge in [-0.1, -0.05) is 6.07 Å². The fraction of sp³-hybridized carbons (Fsp3) is 0.227. The zero-order valence-corrected chi connectivity index (χ0v) is 18.6. The Hall–Kier alpha value is -3.79. The average molecular weight is 455 g/mol. The van der Waals surface area contributed by atoms with E-state index in [1.54, 1.807) is 20.3 Å². The molecule has 0 unspecified atom stereocenters. The minimum absolute atomic E-state index is 0.168. The molecule has 3 heterocycles. The van der Waals surface area contributed by atoms with Crippen LogP contribution in [-0.2, 0) is 17.9 Å². The van der Waals surface area contributed by atoms with Gasteiger partial charge in [0.2, 0.25) is 5.88 Å². The highest BCUT2D eigenvalue weighted by Crippen LogP contribution is 2.33. The van der Waals surface area contributed by atoms with Crippen molar-refractivity contribution in [1.29, 1.82) is 0 Å². The van der Waals surface area contributed by atoms with E-state index in [9.17, 15) is 4.79 Å². The topological polar surface area (TPSA) is 96.2 Å². The summed E-state index contributed by atoms with van der Waals surface area (Å²) in [5.41, 5.74) is 2.67. The molecule has 3 aromatic heterocycles. The Bertz CT molecular complexity index is 1200. The van der Waals surface area contributed by atoms with Gasteiger partial charge in [0, 0.05) is 30.6 Å². The first-order valence-corrected chi connectivity index (χ1v) is 10.5. The molecule has 0 aliphatic heterocycles. The maximum absolute atomic E-state index is 12.4. The Morgan fingerprint density at radius 3 is 2.78 bits per heavy atom. The first kappa shape index (κ1) is 21.4. The molecule has 0 saturated carbocycles. The minimum Gasteiger partial charge on any atom is -0.497 e. The number of hydrogen-bond acceptors (Lipinski definition) is 9. The number of anilines is 1. The molecular formula is C22H22N4O5S. The number of carbonyl (C=O) groups excluding carboxylic acids is 1. The van der Waals surface area contributed by atoms with Crippen LogP contribution in [0.2, 0.25) is 0 Å². The summed E-state index contributed by atoms with van der Waals surface area (Å²) in [5.74, 6) is 1.03. The maximum Gasteiger partial charge on any atom is 0.346 e. The number of fused-ring (bicyclic) bond motifs is 1. The molecule has 0 fully saturated rings. The quantitative estimate of drug-likeness (QED) is 0.382. The molecule has 1 N–H and O–H groups in total. The van der Waals surface area contributed by atoms with Crippen molar-refractivity contribution >= 4 is 28.2 Å². The summed E-state index contributed by atoms with van der Waals surface area (Å²) in [5, 5.41) is 3.77. The van der Waals surface area contributed by atoms with Gasteiger partial charge in [-0.15, -0.1) is 0 Å². The van der Waals surface area contributed by atoms with Crippen molar-refractivity contribution < 1.29 is 23.7 Å². The number of methoxy groups -OCH3 is 3. The van der Waals surface area contributed by atoms with Gasteiger partial charge in [0.05, 0.1) is 27.0 Å². The summed E-state index contributed by atoms with van der Waals surface area (Å²) in [6.07, 6.45) is 3.78. The molecule has 4 rings (SSSR count). The standard InChI is InChI=1S/C22H22N4O5S/c1-28-16-8-7-14(17(10-16)29-2)11-23-21-19(22(27)30-3)20(25-32-21)31-13-15-12-26-9-5-4-6-18(26)24-15/h4-10,12,23H,11,13H2,1-3H3. The average Bonchev–Trinajstić information content (AvgIpc) is 3.44. The molecule has 0 radical (unpaired) electrons. The Morgan fingerprint density at radius 1 is 1.16 bits per heavy atom. The molecule has 0 aliphatic carbocycles. The van der Waals surface area contributed by atoms with E-state index in [1.807, 2.05) is 47.1 Å². The van der Waals surface area contributed by atoms with E-state index >= 15 is 0 Å². The number of hydrogen-bond donors (Lipinski definition) is 1. The van der Waals surface area contributed by atoms with E-state index in [0.29, 0.717) is 23.0 Å². The number of nitrogens with one attached hydrogen (secondary N) is 1. The highest BCUT2D eigenvalue weighted by molar-refractivity contribution is 7.10. The Kier molecular flexibility index (Phi) is 6.41. The molecule has 0 atom stereocenters. The number of carbonyl (C=O) groups is 1. The predicted octanol–water partition coefficient (Wildman–Crippen LogP) is 3.79. The molecule has 0 aliphatic rings. The smallest absolute Gasteiger partial charge is 0.346 e. The first-order chi connectivity index (χ1) is 15.6. The van der Waals surface area contributed by atoms with Gasteiger partial charge in [-0.2, -0.15) is 4.37 Å². The predicted molar refractivity (Wildman–Crippen MR) is 120 cm³/mol. The summed E-state index contributed by atoms with van der Waals surface area (Å²) in [6.45, 7) is 0.576. The lowest BCUT2D eigenvalue weighted by Gasteiger charge is -2.12. The molecule has 4 aromatic rings. The molecule has 1 aromatic carbocycles. The summed E-state index contributed by atoms with van der Waals surface area (Å²) in [7, 11) is 4.51. The minimum atomic E-state index is -0.534. The molecule has 0 amide bonds. The van der Waals surface area contributed by atoms with Crippen LogP contribution in [0.5, 0.6) is 17.4 Å². The number of benzene rings is 1. The van der Waals surface area contributed by atoms with Crippen LogP contribution in [0.1, 0.15) is 21.6 Å². The number of esters is 1. The first-order valence-electron chi connectivity index (χ1n) is 9.71. The van der Waals surface area contributed by atoms with Gasteiger partial charge in [0.1, 0.15) is 28.8 Å². The van der Waals surface area contributed by atoms with Crippen LogP contribution in [0.15, 0.2) is 48.8 Å². The number of nitrogens with zero attached hydrogens (tertiary/aromatic N) is 3. The van der Waals surface area contributed by atoms with Crippen LogP contribution in [0, 0.1) is 0 Å². The van der Waals surface area contributed by atoms with Gasteiger partial charge in [-0.05, 0) is 35.8 Å². The third kappa shape index (κ3) is 4.45. The van der Waals surface area contributed by atoms with E-state index in [1.165, 1.54) is 7.11 Å². The lowest BCUT2D eigenvalue weighted by Crippen LogP contribution is -2.09. The maximum atomic E-state index is 12.4. The Balaban J connectivity index is 1.51. The highest BCUT2D eigenvalue weighted by atomic mass is 32.1. The summed E-state index contributed by atoms with van der Waals surface area (Å²) in [4.78, 5) is 16.9. The number of imidazole rings is 1. The van der Waals surface area contributed by atoms with Crippen molar-refractivity contribution in [3.05, 3.63) is 65.6 Å². The van der Waals surface area contributed by atoms with Crippen molar-refractivity contribution in [3.8, 4) is 17.4 Å². The summed E-state index contributed by atoms with van der Waals surface area (Å²) in [6, 6.07) is 11.3. The van der Waals surface area contributed by atoms with Crippen LogP contribution < -0.4 is 19.5 Å². The second-order valence-electron chi connectivity index (χ2n) is 6.70. The van der Waals surface area contributed by atoms with Crippen LogP contribution >= 0.6 is 11.5 Å². The third-order valence-corrected chi connectivity index (χ3v) is 5.54. The van der Waals surface area contributed by atoms with E-state index in [2.05, 4.69) is 14.7 Å². The highest BCUT2D eigenvalue weighted by Gasteiger charge is 2.24. The van der Waals surface area contributed by atoms with Crippen molar-refractivity contribution in [2.45, 2.75) is 13.2 Å². The van der Waals surface area contributed by atoms with Gasteiger partial charge in [-0.3, -0.25) is 0 Å². The van der Waals surface area contributed by atoms with Gasteiger partial charge < -0.3 is 28.7 Å². The van der Waals surface area contributed by atoms with Crippen molar-refractivity contribution in [1.82, 2.24) is 13.8 Å². The molecule has 10 heteroatoms. The molecular weight excluding hydrogens is 432 g/mol. The van der Waals surface area contributed by atoms with Gasteiger partial charge in [0.15, 0.2) is 5.56 Å². The largest absolute Gasteiger partial charge is 0.497 e. The van der Waals surface area contributed by atoms with Crippen LogP contribution in [0.25, 0.3) is 5.65 Å². The Morgan fingerprint density at radius 2 is 2.03 bits per heavy atom. The monoisotopic (exact) mass is 454 g/mol. The molecule has 32 heavy (non-hydrogen) atoms. The second kappa shape index (κ2) is 9.56. The summed E-state index contributed by atoms with van der Waals surface area (Å²) >= 11 is 1.12. The molecule has 0 saturated heterocycles. The van der Waals surface area contributed by atoms with Crippen LogP contribution in [-0.4, -0.2) is 41.1 Å². The lowest BCUT2D eigenvalue weighted by atomic mass is 10.2. The second-order valence-corrected chi connectivity index (χ2v) is 7.48. The van der Waals surface area contributed by atoms with E-state index < -0.39 is 5.97 Å². The molecule has 9 nitrogen and oxygen atoms in total. The zero-order valence-electron chi connectivity index (χ0n) is 17.8. The molecule has 166 valence electrons. The SMILES string of the molecule is COC(=O)c1c(OCc2cn3ccccc3n2)nsc1NCc1ccc(OC)cc1OC. The fourth-order valence-corrected chi connectivity index (χ4v) is 3.87. The number of rotatable bonds is 9. The van der Waals surface area contributed by atoms with Crippen molar-refractivity contribution in [2.24, 2.45) is 0 Å². The van der Waals surface area contributed by atoms with Crippen LogP contribution in [0.3, 0.4) is 0 Å². The third-order valence-electron chi connectivity index (χ3n) is 4.75. The van der Waals surface area contributed by atoms with Gasteiger partial charge in [-0.25, -0.2) is 9.78 Å². The normalized spacial score (nSPS) is 10.7. The van der Waals surface area contributed by atoms with Crippen LogP contribution in [0.4, 0.5) is 5.00 Å². The lowest BCUT2D eigenvalue weighted by molar-refractivity contribution is 0.0596. The zero-order chi connectivity index (χ0) is 22.5. The number of ether oxygens (including phenoxy) is 4. The molecule has 0 bridgehead atoms. The van der Waals surface area contributed by atoms with E-state index in [0.717, 1.165) is 28.4 Å². The number of pyridine rings is 1.